The number of nitrogens with zero attached hydrogens (tertiary/aromatic N) is 5. The molecule has 1 fully saturated rings. The van der Waals surface area contributed by atoms with Crippen molar-refractivity contribution in [2.45, 2.75) is 19.9 Å². The lowest BCUT2D eigenvalue weighted by molar-refractivity contribution is 0.285. The highest BCUT2D eigenvalue weighted by molar-refractivity contribution is 5.91. The molecule has 5 rings (SSSR count). The Morgan fingerprint density at radius 3 is 2.55 bits per heavy atom. The molecule has 0 atom stereocenters. The van der Waals surface area contributed by atoms with E-state index in [1.165, 1.54) is 11.1 Å². The summed E-state index contributed by atoms with van der Waals surface area (Å²) in [7, 11) is 0. The first-order valence-corrected chi connectivity index (χ1v) is 11.0. The number of benzene rings is 2. The molecule has 0 spiro atoms. The van der Waals surface area contributed by atoms with Gasteiger partial charge in [0, 0.05) is 56.1 Å². The molecule has 0 N–H and O–H groups in total. The van der Waals surface area contributed by atoms with E-state index in [9.17, 15) is 0 Å². The molecular formula is C26H27N5. The molecule has 156 valence electrons. The maximum absolute atomic E-state index is 5.01. The predicted octanol–water partition coefficient (Wildman–Crippen LogP) is 4.71. The zero-order valence-electron chi connectivity index (χ0n) is 17.9. The Morgan fingerprint density at radius 1 is 0.839 bits per heavy atom. The van der Waals surface area contributed by atoms with Crippen LogP contribution < -0.4 is 4.90 Å². The topological polar surface area (TPSA) is 45.2 Å². The van der Waals surface area contributed by atoms with Gasteiger partial charge in [-0.2, -0.15) is 0 Å². The number of aromatic nitrogens is 3. The summed E-state index contributed by atoms with van der Waals surface area (Å²) in [6, 6.07) is 21.2. The van der Waals surface area contributed by atoms with Gasteiger partial charge in [0.25, 0.3) is 0 Å². The minimum absolute atomic E-state index is 0.738. The fourth-order valence-corrected chi connectivity index (χ4v) is 4.22. The number of aryl methyl sites for hydroxylation is 1. The van der Waals surface area contributed by atoms with Gasteiger partial charge in [-0.1, -0.05) is 42.0 Å². The minimum atomic E-state index is 0.738. The van der Waals surface area contributed by atoms with Crippen molar-refractivity contribution in [2.24, 2.45) is 0 Å². The molecule has 1 aliphatic heterocycles. The van der Waals surface area contributed by atoms with Crippen molar-refractivity contribution in [3.8, 4) is 11.4 Å². The zero-order valence-corrected chi connectivity index (χ0v) is 17.9. The molecule has 0 radical (unpaired) electrons. The van der Waals surface area contributed by atoms with Crippen LogP contribution in [0.15, 0.2) is 73.1 Å². The largest absolute Gasteiger partial charge is 0.355 e. The van der Waals surface area contributed by atoms with Gasteiger partial charge in [-0.15, -0.1) is 0 Å². The summed E-state index contributed by atoms with van der Waals surface area (Å²) in [5, 5.41) is 1.11. The van der Waals surface area contributed by atoms with Crippen molar-refractivity contribution < 1.29 is 0 Å². The first-order chi connectivity index (χ1) is 15.3. The van der Waals surface area contributed by atoms with Gasteiger partial charge in [-0.3, -0.25) is 9.88 Å². The van der Waals surface area contributed by atoms with Crippen LogP contribution in [0.3, 0.4) is 0 Å². The maximum Gasteiger partial charge on any atom is 0.163 e. The summed E-state index contributed by atoms with van der Waals surface area (Å²) in [6.45, 7) is 7.22. The molecule has 4 aromatic rings. The molecule has 0 amide bonds. The average Bonchev–Trinajstić information content (AvgIpc) is 3.06. The van der Waals surface area contributed by atoms with Gasteiger partial charge in [0.05, 0.1) is 5.52 Å². The Kier molecular flexibility index (Phi) is 5.59. The first-order valence-electron chi connectivity index (χ1n) is 11.0. The highest BCUT2D eigenvalue weighted by atomic mass is 15.3. The van der Waals surface area contributed by atoms with Crippen LogP contribution in [0.2, 0.25) is 0 Å². The van der Waals surface area contributed by atoms with Crippen LogP contribution in [-0.4, -0.2) is 46.0 Å². The normalized spacial score (nSPS) is 15.2. The lowest BCUT2D eigenvalue weighted by Crippen LogP contribution is -2.31. The van der Waals surface area contributed by atoms with Crippen LogP contribution in [-0.2, 0) is 6.54 Å². The van der Waals surface area contributed by atoms with E-state index in [0.29, 0.717) is 0 Å². The number of pyridine rings is 1. The molecule has 2 aromatic heterocycles. The number of para-hydroxylation sites is 1. The summed E-state index contributed by atoms with van der Waals surface area (Å²) < 4.78 is 0. The van der Waals surface area contributed by atoms with Crippen LogP contribution in [0.25, 0.3) is 22.3 Å². The van der Waals surface area contributed by atoms with E-state index < -0.39 is 0 Å². The summed E-state index contributed by atoms with van der Waals surface area (Å²) >= 11 is 0. The highest BCUT2D eigenvalue weighted by Gasteiger charge is 2.19. The Bertz CT molecular complexity index is 1160. The van der Waals surface area contributed by atoms with Crippen LogP contribution >= 0.6 is 0 Å². The molecule has 2 aromatic carbocycles. The van der Waals surface area contributed by atoms with Gasteiger partial charge in [-0.05, 0) is 43.2 Å². The number of fused-ring (bicyclic) bond motifs is 1. The van der Waals surface area contributed by atoms with E-state index in [-0.39, 0.29) is 0 Å². The molecule has 3 heterocycles. The standard InChI is InChI=1S/C26H27N5/c1-20-9-11-21(12-10-20)19-30-14-5-15-31(17-16-30)26-23-7-2-3-8-24(23)28-25(29-26)22-6-4-13-27-18-22/h2-4,6-13,18H,5,14-17,19H2,1H3. The molecule has 1 aliphatic rings. The molecule has 0 unspecified atom stereocenters. The van der Waals surface area contributed by atoms with Crippen molar-refractivity contribution in [1.29, 1.82) is 0 Å². The fraction of sp³-hybridized carbons (Fsp3) is 0.269. The van der Waals surface area contributed by atoms with E-state index in [2.05, 4.69) is 64.2 Å². The smallest absolute Gasteiger partial charge is 0.163 e. The third-order valence-corrected chi connectivity index (χ3v) is 5.92. The lowest BCUT2D eigenvalue weighted by Gasteiger charge is -2.24. The quantitative estimate of drug-likeness (QED) is 0.488. The van der Waals surface area contributed by atoms with Crippen molar-refractivity contribution in [1.82, 2.24) is 19.9 Å². The Hall–Kier alpha value is -3.31. The lowest BCUT2D eigenvalue weighted by atomic mass is 10.1. The highest BCUT2D eigenvalue weighted by Crippen LogP contribution is 2.28. The van der Waals surface area contributed by atoms with Gasteiger partial charge in [0.2, 0.25) is 0 Å². The second-order valence-corrected chi connectivity index (χ2v) is 8.23. The van der Waals surface area contributed by atoms with Crippen LogP contribution in [0, 0.1) is 6.92 Å². The SMILES string of the molecule is Cc1ccc(CN2CCCN(c3nc(-c4cccnc4)nc4ccccc34)CC2)cc1. The van der Waals surface area contributed by atoms with Gasteiger partial charge >= 0.3 is 0 Å². The van der Waals surface area contributed by atoms with Crippen LogP contribution in [0.5, 0.6) is 0 Å². The first kappa shape index (κ1) is 19.6. The summed E-state index contributed by atoms with van der Waals surface area (Å²) in [5.74, 6) is 1.77. The summed E-state index contributed by atoms with van der Waals surface area (Å²) in [5.41, 5.74) is 4.62. The van der Waals surface area contributed by atoms with E-state index in [0.717, 1.165) is 67.3 Å². The number of hydrogen-bond donors (Lipinski definition) is 0. The van der Waals surface area contributed by atoms with Crippen molar-refractivity contribution >= 4 is 16.7 Å². The third kappa shape index (κ3) is 4.42. The van der Waals surface area contributed by atoms with Crippen LogP contribution in [0.1, 0.15) is 17.5 Å². The Morgan fingerprint density at radius 2 is 1.71 bits per heavy atom. The molecule has 0 aliphatic carbocycles. The molecular weight excluding hydrogens is 382 g/mol. The second kappa shape index (κ2) is 8.82. The summed E-state index contributed by atoms with van der Waals surface area (Å²) in [6.07, 6.45) is 4.73. The minimum Gasteiger partial charge on any atom is -0.355 e. The molecule has 1 saturated heterocycles. The third-order valence-electron chi connectivity index (χ3n) is 5.92. The fourth-order valence-electron chi connectivity index (χ4n) is 4.22. The van der Waals surface area contributed by atoms with E-state index >= 15 is 0 Å². The molecule has 5 nitrogen and oxygen atoms in total. The average molecular weight is 410 g/mol. The number of rotatable bonds is 4. The van der Waals surface area contributed by atoms with Crippen molar-refractivity contribution in [3.05, 3.63) is 84.2 Å². The predicted molar refractivity (Wildman–Crippen MR) is 126 cm³/mol. The molecule has 31 heavy (non-hydrogen) atoms. The van der Waals surface area contributed by atoms with Gasteiger partial charge in [-0.25, -0.2) is 9.97 Å². The van der Waals surface area contributed by atoms with Gasteiger partial charge in [0.15, 0.2) is 5.82 Å². The molecule has 0 bridgehead atoms. The van der Waals surface area contributed by atoms with E-state index in [1.807, 2.05) is 24.4 Å². The van der Waals surface area contributed by atoms with Crippen molar-refractivity contribution in [2.75, 3.05) is 31.1 Å². The second-order valence-electron chi connectivity index (χ2n) is 8.23. The van der Waals surface area contributed by atoms with E-state index in [1.54, 1.807) is 6.20 Å². The monoisotopic (exact) mass is 409 g/mol. The Balaban J connectivity index is 1.41. The maximum atomic E-state index is 5.01. The molecule has 5 heteroatoms. The summed E-state index contributed by atoms with van der Waals surface area (Å²) in [4.78, 5) is 19.1. The molecule has 0 saturated carbocycles. The zero-order chi connectivity index (χ0) is 21.0. The van der Waals surface area contributed by atoms with Crippen LogP contribution in [0.4, 0.5) is 5.82 Å². The van der Waals surface area contributed by atoms with Crippen molar-refractivity contribution in [3.63, 3.8) is 0 Å². The van der Waals surface area contributed by atoms with E-state index in [4.69, 9.17) is 9.97 Å². The van der Waals surface area contributed by atoms with Gasteiger partial charge < -0.3 is 4.90 Å². The number of hydrogen-bond acceptors (Lipinski definition) is 5. The number of anilines is 1. The van der Waals surface area contributed by atoms with Gasteiger partial charge in [0.1, 0.15) is 5.82 Å². The Labute approximate surface area is 183 Å².